The van der Waals surface area contributed by atoms with Crippen LogP contribution in [0.3, 0.4) is 0 Å². The van der Waals surface area contributed by atoms with E-state index in [9.17, 15) is 13.5 Å². The van der Waals surface area contributed by atoms with Crippen LogP contribution in [0.4, 0.5) is 0 Å². The normalized spacial score (nSPS) is 18.1. The third-order valence-corrected chi connectivity index (χ3v) is 6.35. The average Bonchev–Trinajstić information content (AvgIpc) is 2.94. The van der Waals surface area contributed by atoms with E-state index in [-0.39, 0.29) is 27.6 Å². The Balaban J connectivity index is 2.28. The fourth-order valence-electron chi connectivity index (χ4n) is 2.79. The number of hydrogen-bond donors (Lipinski definition) is 2. The molecule has 1 aliphatic carbocycles. The lowest BCUT2D eigenvalue weighted by atomic mass is 10.0. The highest BCUT2D eigenvalue weighted by Crippen LogP contribution is 2.32. The second-order valence-electron chi connectivity index (χ2n) is 5.49. The molecule has 1 saturated carbocycles. The number of halogens is 2. The summed E-state index contributed by atoms with van der Waals surface area (Å²) in [6.45, 7) is 1.51. The van der Waals surface area contributed by atoms with E-state index in [1.54, 1.807) is 0 Å². The molecule has 0 aromatic heterocycles. The number of nitrogens with one attached hydrogen (secondary N) is 1. The predicted octanol–water partition coefficient (Wildman–Crippen LogP) is 3.34. The summed E-state index contributed by atoms with van der Waals surface area (Å²) < 4.78 is 27.7. The summed E-state index contributed by atoms with van der Waals surface area (Å²) in [7, 11) is -3.76. The van der Waals surface area contributed by atoms with Gasteiger partial charge in [0.05, 0.1) is 11.6 Å². The van der Waals surface area contributed by atoms with Gasteiger partial charge in [-0.15, -0.1) is 0 Å². The highest BCUT2D eigenvalue weighted by Gasteiger charge is 2.28. The van der Waals surface area contributed by atoms with E-state index >= 15 is 0 Å². The topological polar surface area (TPSA) is 66.4 Å². The van der Waals surface area contributed by atoms with Crippen molar-refractivity contribution in [1.82, 2.24) is 4.72 Å². The Kier molecular flexibility index (Phi) is 5.54. The zero-order chi connectivity index (χ0) is 15.6. The first-order valence-corrected chi connectivity index (χ1v) is 9.20. The number of aliphatic hydroxyl groups excluding tert-OH is 1. The van der Waals surface area contributed by atoms with Crippen molar-refractivity contribution in [2.75, 3.05) is 0 Å². The molecule has 1 unspecified atom stereocenters. The largest absolute Gasteiger partial charge is 0.392 e. The molecule has 1 aliphatic rings. The molecule has 2 rings (SSSR count). The Hall–Kier alpha value is -0.330. The maximum absolute atomic E-state index is 12.5. The lowest BCUT2D eigenvalue weighted by molar-refractivity contribution is 0.281. The molecule has 0 spiro atoms. The van der Waals surface area contributed by atoms with Gasteiger partial charge >= 0.3 is 0 Å². The minimum absolute atomic E-state index is 0.0213. The SMILES string of the molecule is CC(NS(=O)(=O)c1cc(Cl)cc(CO)c1Cl)C1CCCC1. The van der Waals surface area contributed by atoms with E-state index in [4.69, 9.17) is 23.2 Å². The molecule has 0 heterocycles. The van der Waals surface area contributed by atoms with E-state index in [1.807, 2.05) is 6.92 Å². The molecule has 0 aliphatic heterocycles. The summed E-state index contributed by atoms with van der Waals surface area (Å²) in [6, 6.07) is 2.63. The summed E-state index contributed by atoms with van der Waals surface area (Å²) in [5, 5.41) is 9.48. The van der Waals surface area contributed by atoms with Crippen LogP contribution in [0.25, 0.3) is 0 Å². The third kappa shape index (κ3) is 3.90. The van der Waals surface area contributed by atoms with Gasteiger partial charge in [0.1, 0.15) is 4.90 Å². The van der Waals surface area contributed by atoms with Gasteiger partial charge in [-0.25, -0.2) is 13.1 Å². The van der Waals surface area contributed by atoms with Crippen molar-refractivity contribution in [1.29, 1.82) is 0 Å². The van der Waals surface area contributed by atoms with Crippen molar-refractivity contribution >= 4 is 33.2 Å². The fourth-order valence-corrected chi connectivity index (χ4v) is 5.03. The van der Waals surface area contributed by atoms with E-state index < -0.39 is 10.0 Å². The molecule has 0 radical (unpaired) electrons. The zero-order valence-electron chi connectivity index (χ0n) is 11.8. The number of benzene rings is 1. The first-order chi connectivity index (χ1) is 9.85. The number of rotatable bonds is 5. The summed E-state index contributed by atoms with van der Waals surface area (Å²) in [6.07, 6.45) is 4.36. The van der Waals surface area contributed by atoms with Gasteiger partial charge in [-0.05, 0) is 43.4 Å². The van der Waals surface area contributed by atoms with Crippen molar-refractivity contribution in [3.63, 3.8) is 0 Å². The molecule has 0 amide bonds. The lowest BCUT2D eigenvalue weighted by Gasteiger charge is -2.21. The lowest BCUT2D eigenvalue weighted by Crippen LogP contribution is -2.37. The van der Waals surface area contributed by atoms with Gasteiger partial charge in [0.2, 0.25) is 10.0 Å². The Morgan fingerprint density at radius 1 is 1.33 bits per heavy atom. The monoisotopic (exact) mass is 351 g/mol. The van der Waals surface area contributed by atoms with Crippen LogP contribution in [0.2, 0.25) is 10.0 Å². The minimum Gasteiger partial charge on any atom is -0.392 e. The molecule has 7 heteroatoms. The minimum atomic E-state index is -3.76. The van der Waals surface area contributed by atoms with Crippen LogP contribution in [0, 0.1) is 5.92 Å². The van der Waals surface area contributed by atoms with Gasteiger partial charge in [0.15, 0.2) is 0 Å². The van der Waals surface area contributed by atoms with Gasteiger partial charge in [-0.2, -0.15) is 0 Å². The predicted molar refractivity (Wildman–Crippen MR) is 84.1 cm³/mol. The second kappa shape index (κ2) is 6.84. The number of aliphatic hydroxyl groups is 1. The maximum atomic E-state index is 12.5. The molecular weight excluding hydrogens is 333 g/mol. The Morgan fingerprint density at radius 2 is 1.95 bits per heavy atom. The van der Waals surface area contributed by atoms with Crippen LogP contribution in [0.15, 0.2) is 17.0 Å². The summed E-state index contributed by atoms with van der Waals surface area (Å²) >= 11 is 12.0. The quantitative estimate of drug-likeness (QED) is 0.854. The molecule has 1 fully saturated rings. The Morgan fingerprint density at radius 3 is 2.52 bits per heavy atom. The molecule has 118 valence electrons. The van der Waals surface area contributed by atoms with Crippen molar-refractivity contribution in [2.45, 2.75) is 50.2 Å². The van der Waals surface area contributed by atoms with Crippen LogP contribution in [0.1, 0.15) is 38.2 Å². The molecule has 4 nitrogen and oxygen atoms in total. The van der Waals surface area contributed by atoms with Crippen LogP contribution < -0.4 is 4.72 Å². The number of hydrogen-bond acceptors (Lipinski definition) is 3. The van der Waals surface area contributed by atoms with E-state index in [0.29, 0.717) is 11.5 Å². The van der Waals surface area contributed by atoms with Crippen molar-refractivity contribution in [2.24, 2.45) is 5.92 Å². The molecule has 1 aromatic carbocycles. The van der Waals surface area contributed by atoms with E-state index in [2.05, 4.69) is 4.72 Å². The van der Waals surface area contributed by atoms with Crippen molar-refractivity contribution < 1.29 is 13.5 Å². The zero-order valence-corrected chi connectivity index (χ0v) is 14.1. The summed E-state index contributed by atoms with van der Waals surface area (Å²) in [5.74, 6) is 0.357. The van der Waals surface area contributed by atoms with Crippen LogP contribution >= 0.6 is 23.2 Å². The van der Waals surface area contributed by atoms with Crippen molar-refractivity contribution in [3.05, 3.63) is 27.7 Å². The van der Waals surface area contributed by atoms with Crippen LogP contribution in [0.5, 0.6) is 0 Å². The molecule has 2 N–H and O–H groups in total. The first kappa shape index (κ1) is 17.0. The first-order valence-electron chi connectivity index (χ1n) is 6.96. The highest BCUT2D eigenvalue weighted by atomic mass is 35.5. The average molecular weight is 352 g/mol. The van der Waals surface area contributed by atoms with E-state index in [1.165, 1.54) is 12.1 Å². The van der Waals surface area contributed by atoms with E-state index in [0.717, 1.165) is 25.7 Å². The molecule has 21 heavy (non-hydrogen) atoms. The maximum Gasteiger partial charge on any atom is 0.242 e. The Bertz CT molecular complexity index is 613. The third-order valence-electron chi connectivity index (χ3n) is 3.99. The standard InChI is InChI=1S/C14H19Cl2NO3S/c1-9(10-4-2-3-5-10)17-21(19,20)13-7-12(15)6-11(8-18)14(13)16/h6-7,9-10,17-18H,2-5,8H2,1H3. The van der Waals surface area contributed by atoms with Gasteiger partial charge in [0.25, 0.3) is 0 Å². The van der Waals surface area contributed by atoms with Gasteiger partial charge in [-0.3, -0.25) is 0 Å². The summed E-state index contributed by atoms with van der Waals surface area (Å²) in [5.41, 5.74) is 0.304. The molecule has 1 atom stereocenters. The smallest absolute Gasteiger partial charge is 0.242 e. The highest BCUT2D eigenvalue weighted by molar-refractivity contribution is 7.89. The van der Waals surface area contributed by atoms with Gasteiger partial charge in [0, 0.05) is 11.1 Å². The van der Waals surface area contributed by atoms with Gasteiger partial charge < -0.3 is 5.11 Å². The molecule has 1 aromatic rings. The second-order valence-corrected chi connectivity index (χ2v) is 7.99. The molecule has 0 bridgehead atoms. The molecular formula is C14H19Cl2NO3S. The van der Waals surface area contributed by atoms with Crippen LogP contribution in [-0.2, 0) is 16.6 Å². The van der Waals surface area contributed by atoms with Gasteiger partial charge in [-0.1, -0.05) is 36.0 Å². The van der Waals surface area contributed by atoms with Crippen LogP contribution in [-0.4, -0.2) is 19.6 Å². The fraction of sp³-hybridized carbons (Fsp3) is 0.571. The summed E-state index contributed by atoms with van der Waals surface area (Å²) in [4.78, 5) is -0.0782. The Labute approximate surface area is 135 Å². The molecule has 0 saturated heterocycles. The van der Waals surface area contributed by atoms with Crippen molar-refractivity contribution in [3.8, 4) is 0 Å². The number of sulfonamides is 1.